The van der Waals surface area contributed by atoms with Gasteiger partial charge in [0, 0.05) is 37.6 Å². The zero-order chi connectivity index (χ0) is 24.4. The number of rotatable bonds is 13. The standard InChI is InChI=1S/C21H34N4O7S/c1-4-12-33(29,30)13-7-15(14-18(26)25-8-10-31-11-9-25)20(28)22-16(5-2)19(27)21-23-17(6-3)24-32-21/h15-16H,4-14H2,1-3H3,(H,22,28)/t15-,16+/m1/s1. The van der Waals surface area contributed by atoms with Gasteiger partial charge in [-0.3, -0.25) is 14.4 Å². The molecule has 0 unspecified atom stereocenters. The number of ether oxygens (including phenoxy) is 1. The Morgan fingerprint density at radius 2 is 1.82 bits per heavy atom. The molecule has 2 atom stereocenters. The molecule has 2 heterocycles. The molecule has 0 aliphatic carbocycles. The predicted octanol–water partition coefficient (Wildman–Crippen LogP) is 0.790. The first-order chi connectivity index (χ1) is 15.7. The van der Waals surface area contributed by atoms with E-state index in [-0.39, 0.29) is 42.6 Å². The Kier molecular flexibility index (Phi) is 10.4. The number of carbonyl (C=O) groups is 3. The highest BCUT2D eigenvalue weighted by atomic mass is 32.2. The third-order valence-electron chi connectivity index (χ3n) is 5.48. The molecular weight excluding hydrogens is 452 g/mol. The van der Waals surface area contributed by atoms with Crippen molar-refractivity contribution in [1.82, 2.24) is 20.4 Å². The Labute approximate surface area is 194 Å². The average molecular weight is 487 g/mol. The monoisotopic (exact) mass is 486 g/mol. The van der Waals surface area contributed by atoms with Crippen LogP contribution in [0.15, 0.2) is 4.52 Å². The summed E-state index contributed by atoms with van der Waals surface area (Å²) in [5.74, 6) is -2.18. The van der Waals surface area contributed by atoms with Crippen molar-refractivity contribution in [3.05, 3.63) is 11.7 Å². The smallest absolute Gasteiger partial charge is 0.296 e. The van der Waals surface area contributed by atoms with E-state index in [1.54, 1.807) is 18.7 Å². The number of carbonyl (C=O) groups excluding carboxylic acids is 3. The van der Waals surface area contributed by atoms with E-state index in [4.69, 9.17) is 9.26 Å². The molecule has 2 rings (SSSR count). The number of amides is 2. The summed E-state index contributed by atoms with van der Waals surface area (Å²) in [5.41, 5.74) is 0. The van der Waals surface area contributed by atoms with Crippen molar-refractivity contribution in [2.45, 2.75) is 58.9 Å². The highest BCUT2D eigenvalue weighted by Crippen LogP contribution is 2.16. The second kappa shape index (κ2) is 12.8. The van der Waals surface area contributed by atoms with Gasteiger partial charge in [-0.1, -0.05) is 25.9 Å². The average Bonchev–Trinajstić information content (AvgIpc) is 3.29. The first-order valence-corrected chi connectivity index (χ1v) is 13.3. The first-order valence-electron chi connectivity index (χ1n) is 11.4. The molecule has 1 aliphatic rings. The Bertz CT molecular complexity index is 909. The molecule has 0 bridgehead atoms. The molecule has 1 aromatic rings. The van der Waals surface area contributed by atoms with Crippen LogP contribution in [0.25, 0.3) is 0 Å². The molecule has 0 spiro atoms. The highest BCUT2D eigenvalue weighted by molar-refractivity contribution is 7.91. The van der Waals surface area contributed by atoms with Crippen molar-refractivity contribution >= 4 is 27.4 Å². The molecule has 1 aromatic heterocycles. The lowest BCUT2D eigenvalue weighted by molar-refractivity contribution is -0.139. The van der Waals surface area contributed by atoms with E-state index in [0.29, 0.717) is 45.0 Å². The number of Topliss-reactive ketones (excluding diaryl/α,β-unsaturated/α-hetero) is 1. The van der Waals surface area contributed by atoms with Crippen LogP contribution < -0.4 is 5.32 Å². The third-order valence-corrected chi connectivity index (χ3v) is 7.37. The van der Waals surface area contributed by atoms with Gasteiger partial charge in [0.15, 0.2) is 5.82 Å². The molecule has 0 saturated carbocycles. The number of aryl methyl sites for hydroxylation is 1. The summed E-state index contributed by atoms with van der Waals surface area (Å²) in [6.07, 6.45) is 1.10. The lowest BCUT2D eigenvalue weighted by Crippen LogP contribution is -2.46. The van der Waals surface area contributed by atoms with Crippen molar-refractivity contribution < 1.29 is 32.1 Å². The number of aromatic nitrogens is 2. The molecule has 11 nitrogen and oxygen atoms in total. The van der Waals surface area contributed by atoms with Crippen molar-refractivity contribution in [2.24, 2.45) is 5.92 Å². The number of nitrogens with one attached hydrogen (secondary N) is 1. The fourth-order valence-electron chi connectivity index (χ4n) is 3.50. The van der Waals surface area contributed by atoms with Crippen LogP contribution in [0.3, 0.4) is 0 Å². The molecular formula is C21H34N4O7S. The summed E-state index contributed by atoms with van der Waals surface area (Å²) < 4.78 is 34.7. The molecule has 1 N–H and O–H groups in total. The summed E-state index contributed by atoms with van der Waals surface area (Å²) in [7, 11) is -3.34. The van der Waals surface area contributed by atoms with Gasteiger partial charge in [-0.05, 0) is 19.3 Å². The van der Waals surface area contributed by atoms with E-state index < -0.39 is 33.5 Å². The van der Waals surface area contributed by atoms with E-state index >= 15 is 0 Å². The van der Waals surface area contributed by atoms with Gasteiger partial charge in [0.05, 0.1) is 25.0 Å². The van der Waals surface area contributed by atoms with Crippen molar-refractivity contribution in [1.29, 1.82) is 0 Å². The van der Waals surface area contributed by atoms with Crippen molar-refractivity contribution in [3.8, 4) is 0 Å². The number of sulfone groups is 1. The lowest BCUT2D eigenvalue weighted by atomic mass is 9.98. The molecule has 33 heavy (non-hydrogen) atoms. The van der Waals surface area contributed by atoms with Gasteiger partial charge in [-0.25, -0.2) is 8.42 Å². The van der Waals surface area contributed by atoms with Crippen LogP contribution in [0.5, 0.6) is 0 Å². The fraction of sp³-hybridized carbons (Fsp3) is 0.762. The largest absolute Gasteiger partial charge is 0.378 e. The van der Waals surface area contributed by atoms with E-state index in [1.807, 2.05) is 6.92 Å². The Morgan fingerprint density at radius 3 is 2.39 bits per heavy atom. The molecule has 1 saturated heterocycles. The summed E-state index contributed by atoms with van der Waals surface area (Å²) in [6.45, 7) is 7.00. The number of ketones is 1. The second-order valence-electron chi connectivity index (χ2n) is 8.04. The van der Waals surface area contributed by atoms with Crippen LogP contribution >= 0.6 is 0 Å². The Hall–Kier alpha value is -2.34. The van der Waals surface area contributed by atoms with Gasteiger partial charge in [-0.15, -0.1) is 0 Å². The normalized spacial score (nSPS) is 16.3. The second-order valence-corrected chi connectivity index (χ2v) is 10.3. The van der Waals surface area contributed by atoms with Gasteiger partial charge in [0.1, 0.15) is 9.84 Å². The van der Waals surface area contributed by atoms with E-state index in [0.717, 1.165) is 0 Å². The zero-order valence-electron chi connectivity index (χ0n) is 19.5. The van der Waals surface area contributed by atoms with E-state index in [1.165, 1.54) is 0 Å². The highest BCUT2D eigenvalue weighted by Gasteiger charge is 2.31. The molecule has 0 aromatic carbocycles. The minimum absolute atomic E-state index is 0.00455. The van der Waals surface area contributed by atoms with Crippen LogP contribution in [-0.4, -0.2) is 84.9 Å². The van der Waals surface area contributed by atoms with Crippen molar-refractivity contribution in [2.75, 3.05) is 37.8 Å². The Balaban J connectivity index is 2.11. The predicted molar refractivity (Wildman–Crippen MR) is 119 cm³/mol. The van der Waals surface area contributed by atoms with Gasteiger partial charge >= 0.3 is 0 Å². The van der Waals surface area contributed by atoms with Crippen LogP contribution in [0, 0.1) is 5.92 Å². The Morgan fingerprint density at radius 1 is 1.12 bits per heavy atom. The zero-order valence-corrected chi connectivity index (χ0v) is 20.4. The quantitative estimate of drug-likeness (QED) is 0.399. The van der Waals surface area contributed by atoms with Gasteiger partial charge < -0.3 is 19.5 Å². The van der Waals surface area contributed by atoms with E-state index in [9.17, 15) is 22.8 Å². The van der Waals surface area contributed by atoms with Gasteiger partial charge in [0.25, 0.3) is 5.89 Å². The molecule has 186 valence electrons. The maximum atomic E-state index is 13.1. The number of nitrogens with zero attached hydrogens (tertiary/aromatic N) is 3. The van der Waals surface area contributed by atoms with Crippen LogP contribution in [-0.2, 0) is 30.6 Å². The summed E-state index contributed by atoms with van der Waals surface area (Å²) >= 11 is 0. The molecule has 1 fully saturated rings. The topological polar surface area (TPSA) is 149 Å². The number of hydrogen-bond donors (Lipinski definition) is 1. The minimum Gasteiger partial charge on any atom is -0.378 e. The van der Waals surface area contributed by atoms with Crippen LogP contribution in [0.1, 0.15) is 63.0 Å². The summed E-state index contributed by atoms with van der Waals surface area (Å²) in [6, 6.07) is -0.920. The third kappa shape index (κ3) is 8.18. The van der Waals surface area contributed by atoms with Crippen LogP contribution in [0.2, 0.25) is 0 Å². The van der Waals surface area contributed by atoms with E-state index in [2.05, 4.69) is 15.5 Å². The van der Waals surface area contributed by atoms with Crippen LogP contribution in [0.4, 0.5) is 0 Å². The number of morpholine rings is 1. The minimum atomic E-state index is -3.34. The first kappa shape index (κ1) is 26.9. The molecule has 1 aliphatic heterocycles. The molecule has 2 amide bonds. The maximum Gasteiger partial charge on any atom is 0.296 e. The lowest BCUT2D eigenvalue weighted by Gasteiger charge is -2.28. The molecule has 12 heteroatoms. The van der Waals surface area contributed by atoms with Gasteiger partial charge in [-0.2, -0.15) is 4.98 Å². The molecule has 0 radical (unpaired) electrons. The number of hydrogen-bond acceptors (Lipinski definition) is 9. The SMILES string of the molecule is CCCS(=O)(=O)CC[C@H](CC(=O)N1CCOCC1)C(=O)N[C@@H](CC)C(=O)c1nc(CC)no1. The fourth-order valence-corrected chi connectivity index (χ4v) is 4.97. The van der Waals surface area contributed by atoms with Gasteiger partial charge in [0.2, 0.25) is 17.6 Å². The maximum absolute atomic E-state index is 13.1. The summed E-state index contributed by atoms with van der Waals surface area (Å²) in [4.78, 5) is 44.2. The summed E-state index contributed by atoms with van der Waals surface area (Å²) in [5, 5.41) is 6.37. The van der Waals surface area contributed by atoms with Crippen molar-refractivity contribution in [3.63, 3.8) is 0 Å².